The number of esters is 1. The van der Waals surface area contributed by atoms with Crippen molar-refractivity contribution in [1.82, 2.24) is 9.88 Å². The molecular formula is C26H32N2O4. The molecule has 1 unspecified atom stereocenters. The van der Waals surface area contributed by atoms with Crippen molar-refractivity contribution in [2.45, 2.75) is 44.8 Å². The molecule has 1 aromatic heterocycles. The molecule has 6 nitrogen and oxygen atoms in total. The van der Waals surface area contributed by atoms with Crippen LogP contribution in [0.1, 0.15) is 30.9 Å². The van der Waals surface area contributed by atoms with Crippen molar-refractivity contribution in [2.24, 2.45) is 0 Å². The van der Waals surface area contributed by atoms with Gasteiger partial charge in [-0.1, -0.05) is 36.4 Å². The minimum absolute atomic E-state index is 0.381. The molecule has 3 rings (SSSR count). The van der Waals surface area contributed by atoms with Gasteiger partial charge < -0.3 is 9.64 Å². The van der Waals surface area contributed by atoms with Crippen molar-refractivity contribution >= 4 is 17.7 Å². The second kappa shape index (κ2) is 14.5. The van der Waals surface area contributed by atoms with Gasteiger partial charge in [-0.05, 0) is 30.0 Å². The van der Waals surface area contributed by atoms with E-state index < -0.39 is 23.7 Å². The van der Waals surface area contributed by atoms with Gasteiger partial charge in [-0.25, -0.2) is 4.79 Å². The van der Waals surface area contributed by atoms with Crippen LogP contribution in [0, 0.1) is 0 Å². The Morgan fingerprint density at radius 3 is 2.25 bits per heavy atom. The molecule has 0 bridgehead atoms. The lowest BCUT2D eigenvalue weighted by Crippen LogP contribution is -2.45. The van der Waals surface area contributed by atoms with Crippen LogP contribution in [0.3, 0.4) is 0 Å². The summed E-state index contributed by atoms with van der Waals surface area (Å²) < 4.78 is 5.83. The number of likely N-dealkylation sites (tertiary alicyclic amines) is 1. The maximum atomic E-state index is 12.8. The van der Waals surface area contributed by atoms with E-state index in [-0.39, 0.29) is 6.10 Å². The van der Waals surface area contributed by atoms with Crippen LogP contribution in [0.4, 0.5) is 0 Å². The molecule has 1 saturated heterocycles. The van der Waals surface area contributed by atoms with Gasteiger partial charge in [-0.3, -0.25) is 14.6 Å². The molecule has 1 aliphatic heterocycles. The van der Waals surface area contributed by atoms with Gasteiger partial charge in [0.2, 0.25) is 5.78 Å². The van der Waals surface area contributed by atoms with Crippen LogP contribution in [0.2, 0.25) is 0 Å². The lowest BCUT2D eigenvalue weighted by Gasteiger charge is -2.25. The third kappa shape index (κ3) is 7.95. The van der Waals surface area contributed by atoms with Crippen LogP contribution in [0.25, 0.3) is 0 Å². The van der Waals surface area contributed by atoms with Crippen molar-refractivity contribution in [2.75, 3.05) is 6.54 Å². The van der Waals surface area contributed by atoms with E-state index in [0.29, 0.717) is 32.2 Å². The number of ether oxygens (including phenoxy) is 1. The summed E-state index contributed by atoms with van der Waals surface area (Å²) in [6.45, 7) is 13.6. The summed E-state index contributed by atoms with van der Waals surface area (Å²) >= 11 is 0. The minimum Gasteiger partial charge on any atom is -0.460 e. The molecular weight excluding hydrogens is 404 g/mol. The normalized spacial score (nSPS) is 15.3. The molecule has 2 atom stereocenters. The van der Waals surface area contributed by atoms with E-state index in [9.17, 15) is 14.4 Å². The van der Waals surface area contributed by atoms with Gasteiger partial charge in [0.15, 0.2) is 0 Å². The summed E-state index contributed by atoms with van der Waals surface area (Å²) in [5, 5.41) is 0. The Labute approximate surface area is 190 Å². The van der Waals surface area contributed by atoms with Crippen molar-refractivity contribution < 1.29 is 19.1 Å². The maximum absolute atomic E-state index is 12.8. The van der Waals surface area contributed by atoms with Crippen LogP contribution in [-0.4, -0.2) is 46.2 Å². The van der Waals surface area contributed by atoms with Gasteiger partial charge >= 0.3 is 5.97 Å². The summed E-state index contributed by atoms with van der Waals surface area (Å²) in [6.07, 6.45) is 5.37. The molecule has 32 heavy (non-hydrogen) atoms. The largest absolute Gasteiger partial charge is 0.460 e. The van der Waals surface area contributed by atoms with Crippen LogP contribution in [0.5, 0.6) is 0 Å². The van der Waals surface area contributed by atoms with Gasteiger partial charge in [0.05, 0.1) is 0 Å². The number of carbonyl (C=O) groups excluding carboxylic acids is 3. The van der Waals surface area contributed by atoms with E-state index in [1.54, 1.807) is 12.4 Å². The summed E-state index contributed by atoms with van der Waals surface area (Å²) in [4.78, 5) is 41.8. The standard InChI is InChI=1S/C22H24N2O4.2C2H4/c1-16(25)21(26)24-12-6-10-20(24)22(27)28-19(13-17-7-3-2-4-8-17)14-18-9-5-11-23-15-18;2*1-2/h2-5,7-9,11,15,19-20H,6,10,12-14H2,1H3;2*1-2H2/t19?,20-;;/m0../s1. The number of carbonyl (C=O) groups is 3. The molecule has 6 heteroatoms. The Kier molecular flexibility index (Phi) is 12.0. The molecule has 1 aliphatic rings. The summed E-state index contributed by atoms with van der Waals surface area (Å²) in [5.41, 5.74) is 2.03. The first kappa shape index (κ1) is 26.5. The highest BCUT2D eigenvalue weighted by Crippen LogP contribution is 2.21. The number of nitrogens with zero attached hydrogens (tertiary/aromatic N) is 2. The van der Waals surface area contributed by atoms with Gasteiger partial charge in [-0.2, -0.15) is 0 Å². The Hall–Kier alpha value is -3.54. The molecule has 0 saturated carbocycles. The fourth-order valence-corrected chi connectivity index (χ4v) is 3.51. The Bertz CT molecular complexity index is 811. The number of pyridine rings is 1. The monoisotopic (exact) mass is 436 g/mol. The Morgan fingerprint density at radius 1 is 1.03 bits per heavy atom. The highest BCUT2D eigenvalue weighted by molar-refractivity contribution is 6.35. The molecule has 0 N–H and O–H groups in total. The summed E-state index contributed by atoms with van der Waals surface area (Å²) in [5.74, 6) is -1.63. The number of hydrogen-bond donors (Lipinski definition) is 0. The molecule has 1 aromatic carbocycles. The first-order valence-corrected chi connectivity index (χ1v) is 10.5. The molecule has 0 aliphatic carbocycles. The third-order valence-electron chi connectivity index (χ3n) is 4.86. The number of aromatic nitrogens is 1. The highest BCUT2D eigenvalue weighted by Gasteiger charge is 2.37. The predicted octanol–water partition coefficient (Wildman–Crippen LogP) is 3.96. The number of rotatable bonds is 7. The zero-order chi connectivity index (χ0) is 23.9. The van der Waals surface area contributed by atoms with E-state index in [1.807, 2.05) is 42.5 Å². The van der Waals surface area contributed by atoms with Crippen LogP contribution in [-0.2, 0) is 32.0 Å². The van der Waals surface area contributed by atoms with Gasteiger partial charge in [0, 0.05) is 38.7 Å². The van der Waals surface area contributed by atoms with Crippen molar-refractivity contribution in [1.29, 1.82) is 0 Å². The van der Waals surface area contributed by atoms with E-state index >= 15 is 0 Å². The minimum atomic E-state index is -0.691. The Morgan fingerprint density at radius 2 is 1.66 bits per heavy atom. The van der Waals surface area contributed by atoms with E-state index in [1.165, 1.54) is 11.8 Å². The zero-order valence-electron chi connectivity index (χ0n) is 18.7. The molecule has 2 heterocycles. The first-order valence-electron chi connectivity index (χ1n) is 10.5. The van der Waals surface area contributed by atoms with Gasteiger partial charge in [0.1, 0.15) is 12.1 Å². The van der Waals surface area contributed by atoms with Crippen LogP contribution < -0.4 is 0 Å². The SMILES string of the molecule is C=C.C=C.CC(=O)C(=O)N1CCC[C@H]1C(=O)OC(Cc1ccccc1)Cc1cccnc1. The van der Waals surface area contributed by atoms with Crippen molar-refractivity contribution in [3.05, 3.63) is 92.3 Å². The maximum Gasteiger partial charge on any atom is 0.329 e. The zero-order valence-corrected chi connectivity index (χ0v) is 18.7. The van der Waals surface area contributed by atoms with E-state index in [4.69, 9.17) is 4.74 Å². The number of ketones is 1. The lowest BCUT2D eigenvalue weighted by atomic mass is 10.0. The van der Waals surface area contributed by atoms with E-state index in [0.717, 1.165) is 11.1 Å². The smallest absolute Gasteiger partial charge is 0.329 e. The second-order valence-corrected chi connectivity index (χ2v) is 7.03. The Balaban J connectivity index is 0.00000121. The highest BCUT2D eigenvalue weighted by atomic mass is 16.5. The topological polar surface area (TPSA) is 76.6 Å². The molecule has 1 fully saturated rings. The first-order chi connectivity index (χ1) is 15.5. The quantitative estimate of drug-likeness (QED) is 0.373. The average Bonchev–Trinajstić information content (AvgIpc) is 3.32. The molecule has 0 radical (unpaired) electrons. The number of hydrogen-bond acceptors (Lipinski definition) is 5. The average molecular weight is 437 g/mol. The van der Waals surface area contributed by atoms with E-state index in [2.05, 4.69) is 31.3 Å². The predicted molar refractivity (Wildman–Crippen MR) is 126 cm³/mol. The number of Topliss-reactive ketones (excluding diaryl/α,β-unsaturated/α-hetero) is 1. The summed E-state index contributed by atoms with van der Waals surface area (Å²) in [7, 11) is 0. The van der Waals surface area contributed by atoms with Crippen LogP contribution >= 0.6 is 0 Å². The molecule has 0 spiro atoms. The van der Waals surface area contributed by atoms with Gasteiger partial charge in [0.25, 0.3) is 5.91 Å². The third-order valence-corrected chi connectivity index (χ3v) is 4.86. The summed E-state index contributed by atoms with van der Waals surface area (Å²) in [6, 6.07) is 12.9. The van der Waals surface area contributed by atoms with Crippen molar-refractivity contribution in [3.63, 3.8) is 0 Å². The molecule has 2 aromatic rings. The van der Waals surface area contributed by atoms with Crippen LogP contribution in [0.15, 0.2) is 81.2 Å². The van der Waals surface area contributed by atoms with Gasteiger partial charge in [-0.15, -0.1) is 26.3 Å². The number of benzene rings is 1. The molecule has 170 valence electrons. The number of amides is 1. The fraction of sp³-hybridized carbons (Fsp3) is 0.308. The fourth-order valence-electron chi connectivity index (χ4n) is 3.51. The second-order valence-electron chi connectivity index (χ2n) is 7.03. The molecule has 1 amide bonds. The van der Waals surface area contributed by atoms with Crippen molar-refractivity contribution in [3.8, 4) is 0 Å². The lowest BCUT2D eigenvalue weighted by molar-refractivity contribution is -0.159.